The van der Waals surface area contributed by atoms with Crippen LogP contribution in [0, 0.1) is 13.8 Å². The summed E-state index contributed by atoms with van der Waals surface area (Å²) in [6.45, 7) is 3.88. The van der Waals surface area contributed by atoms with E-state index in [-0.39, 0.29) is 12.5 Å². The van der Waals surface area contributed by atoms with Crippen LogP contribution >= 0.6 is 0 Å². The molecule has 0 fully saturated rings. The van der Waals surface area contributed by atoms with Crippen LogP contribution in [0.3, 0.4) is 0 Å². The Hall–Kier alpha value is -2.82. The van der Waals surface area contributed by atoms with Crippen LogP contribution in [-0.4, -0.2) is 25.8 Å². The van der Waals surface area contributed by atoms with Crippen molar-refractivity contribution >= 4 is 12.1 Å². The zero-order valence-electron chi connectivity index (χ0n) is 13.5. The Balaban J connectivity index is 1.86. The number of nitrogens with zero attached hydrogens (tertiary/aromatic N) is 1. The van der Waals surface area contributed by atoms with Crippen LogP contribution in [-0.2, 0) is 4.79 Å². The van der Waals surface area contributed by atoms with Crippen molar-refractivity contribution in [3.63, 3.8) is 0 Å². The topological polar surface area (TPSA) is 59.9 Å². The zero-order chi connectivity index (χ0) is 16.7. The number of amides is 1. The first-order valence-electron chi connectivity index (χ1n) is 7.24. The molecule has 1 amide bonds. The third kappa shape index (κ3) is 5.14. The van der Waals surface area contributed by atoms with E-state index in [2.05, 4.69) is 10.5 Å². The number of hydrazone groups is 1. The van der Waals surface area contributed by atoms with Crippen LogP contribution in [0.1, 0.15) is 16.7 Å². The molecule has 5 heteroatoms. The van der Waals surface area contributed by atoms with Gasteiger partial charge in [-0.1, -0.05) is 18.2 Å². The fourth-order valence-corrected chi connectivity index (χ4v) is 2.14. The van der Waals surface area contributed by atoms with Crippen molar-refractivity contribution in [2.24, 2.45) is 5.10 Å². The summed E-state index contributed by atoms with van der Waals surface area (Å²) in [7, 11) is 1.59. The van der Waals surface area contributed by atoms with Gasteiger partial charge < -0.3 is 9.47 Å². The first-order chi connectivity index (χ1) is 11.1. The maximum Gasteiger partial charge on any atom is 0.277 e. The van der Waals surface area contributed by atoms with Gasteiger partial charge in [-0.2, -0.15) is 5.10 Å². The van der Waals surface area contributed by atoms with Gasteiger partial charge in [-0.25, -0.2) is 5.43 Å². The van der Waals surface area contributed by atoms with Gasteiger partial charge in [0.05, 0.1) is 13.3 Å². The van der Waals surface area contributed by atoms with Gasteiger partial charge >= 0.3 is 0 Å². The molecule has 23 heavy (non-hydrogen) atoms. The minimum atomic E-state index is -0.324. The first-order valence-corrected chi connectivity index (χ1v) is 7.24. The van der Waals surface area contributed by atoms with Crippen molar-refractivity contribution in [1.82, 2.24) is 5.43 Å². The number of hydrogen-bond acceptors (Lipinski definition) is 4. The Bertz CT molecular complexity index is 691. The molecular formula is C18H20N2O3. The Labute approximate surface area is 135 Å². The van der Waals surface area contributed by atoms with Gasteiger partial charge in [0, 0.05) is 5.56 Å². The minimum Gasteiger partial charge on any atom is -0.496 e. The highest BCUT2D eigenvalue weighted by Gasteiger charge is 2.03. The number of aryl methyl sites for hydroxylation is 2. The Morgan fingerprint density at radius 3 is 2.57 bits per heavy atom. The fraction of sp³-hybridized carbons (Fsp3) is 0.222. The number of para-hydroxylation sites is 1. The third-order valence-electron chi connectivity index (χ3n) is 3.10. The molecule has 0 bridgehead atoms. The molecule has 0 spiro atoms. The average Bonchev–Trinajstić information content (AvgIpc) is 2.52. The summed E-state index contributed by atoms with van der Waals surface area (Å²) in [6, 6.07) is 13.2. The zero-order valence-corrected chi connectivity index (χ0v) is 13.5. The Morgan fingerprint density at radius 2 is 1.87 bits per heavy atom. The van der Waals surface area contributed by atoms with Crippen molar-refractivity contribution in [2.75, 3.05) is 13.7 Å². The molecule has 2 aromatic rings. The van der Waals surface area contributed by atoms with E-state index in [0.717, 1.165) is 16.7 Å². The van der Waals surface area contributed by atoms with E-state index in [1.165, 1.54) is 6.21 Å². The molecule has 1 N–H and O–H groups in total. The highest BCUT2D eigenvalue weighted by Crippen LogP contribution is 2.16. The molecule has 0 unspecified atom stereocenters. The van der Waals surface area contributed by atoms with Crippen LogP contribution in [0.25, 0.3) is 0 Å². The summed E-state index contributed by atoms with van der Waals surface area (Å²) in [5.41, 5.74) is 5.40. The second kappa shape index (κ2) is 7.98. The van der Waals surface area contributed by atoms with Gasteiger partial charge in [0.2, 0.25) is 0 Å². The molecule has 0 heterocycles. The van der Waals surface area contributed by atoms with Crippen molar-refractivity contribution in [3.8, 4) is 11.5 Å². The van der Waals surface area contributed by atoms with Crippen LogP contribution in [0.4, 0.5) is 0 Å². The van der Waals surface area contributed by atoms with Crippen LogP contribution in [0.5, 0.6) is 11.5 Å². The fourth-order valence-electron chi connectivity index (χ4n) is 2.14. The predicted molar refractivity (Wildman–Crippen MR) is 90.1 cm³/mol. The van der Waals surface area contributed by atoms with Crippen molar-refractivity contribution in [3.05, 3.63) is 59.2 Å². The van der Waals surface area contributed by atoms with Crippen molar-refractivity contribution in [1.29, 1.82) is 0 Å². The number of methoxy groups -OCH3 is 1. The van der Waals surface area contributed by atoms with E-state index < -0.39 is 0 Å². The number of benzene rings is 2. The molecule has 0 aliphatic heterocycles. The van der Waals surface area contributed by atoms with Crippen LogP contribution in [0.15, 0.2) is 47.6 Å². The van der Waals surface area contributed by atoms with E-state index >= 15 is 0 Å². The molecule has 2 aromatic carbocycles. The largest absolute Gasteiger partial charge is 0.496 e. The molecule has 0 atom stereocenters. The van der Waals surface area contributed by atoms with E-state index in [1.807, 2.05) is 56.3 Å². The lowest BCUT2D eigenvalue weighted by Gasteiger charge is -2.07. The molecule has 120 valence electrons. The second-order valence-electron chi connectivity index (χ2n) is 5.15. The summed E-state index contributed by atoms with van der Waals surface area (Å²) in [4.78, 5) is 11.7. The standard InChI is InChI=1S/C18H20N2O3/c1-13-8-14(2)10-16(9-13)23-12-18(21)20-19-11-15-6-4-5-7-17(15)22-3/h4-11H,12H2,1-3H3,(H,20,21). The number of carbonyl (C=O) groups excluding carboxylic acids is 1. The van der Waals surface area contributed by atoms with Gasteiger partial charge in [0.15, 0.2) is 6.61 Å². The van der Waals surface area contributed by atoms with Gasteiger partial charge in [-0.15, -0.1) is 0 Å². The number of hydrogen-bond donors (Lipinski definition) is 1. The van der Waals surface area contributed by atoms with Gasteiger partial charge in [0.25, 0.3) is 5.91 Å². The lowest BCUT2D eigenvalue weighted by atomic mass is 10.1. The van der Waals surface area contributed by atoms with Crippen LogP contribution in [0.2, 0.25) is 0 Å². The molecule has 5 nitrogen and oxygen atoms in total. The number of carbonyl (C=O) groups is 1. The minimum absolute atomic E-state index is 0.0911. The van der Waals surface area contributed by atoms with E-state index in [9.17, 15) is 4.79 Å². The number of rotatable bonds is 6. The molecule has 0 saturated carbocycles. The highest BCUT2D eigenvalue weighted by molar-refractivity contribution is 5.85. The monoisotopic (exact) mass is 312 g/mol. The molecular weight excluding hydrogens is 292 g/mol. The molecule has 0 radical (unpaired) electrons. The number of nitrogens with one attached hydrogen (secondary N) is 1. The van der Waals surface area contributed by atoms with Crippen molar-refractivity contribution in [2.45, 2.75) is 13.8 Å². The molecule has 0 aromatic heterocycles. The van der Waals surface area contributed by atoms with Gasteiger partial charge in [-0.3, -0.25) is 4.79 Å². The highest BCUT2D eigenvalue weighted by atomic mass is 16.5. The maximum atomic E-state index is 11.7. The van der Waals surface area contributed by atoms with E-state index in [1.54, 1.807) is 7.11 Å². The van der Waals surface area contributed by atoms with E-state index in [4.69, 9.17) is 9.47 Å². The summed E-state index contributed by atoms with van der Waals surface area (Å²) >= 11 is 0. The quantitative estimate of drug-likeness (QED) is 0.659. The maximum absolute atomic E-state index is 11.7. The molecule has 0 aliphatic rings. The SMILES string of the molecule is COc1ccccc1C=NNC(=O)COc1cc(C)cc(C)c1. The van der Waals surface area contributed by atoms with Gasteiger partial charge in [0.1, 0.15) is 11.5 Å². The summed E-state index contributed by atoms with van der Waals surface area (Å²) in [6.07, 6.45) is 1.54. The summed E-state index contributed by atoms with van der Waals surface area (Å²) < 4.78 is 10.7. The lowest BCUT2D eigenvalue weighted by Crippen LogP contribution is -2.24. The Morgan fingerprint density at radius 1 is 1.17 bits per heavy atom. The Kier molecular flexibility index (Phi) is 5.74. The van der Waals surface area contributed by atoms with Gasteiger partial charge in [-0.05, 0) is 49.2 Å². The average molecular weight is 312 g/mol. The predicted octanol–water partition coefficient (Wildman–Crippen LogP) is 2.84. The third-order valence-corrected chi connectivity index (χ3v) is 3.10. The summed E-state index contributed by atoms with van der Waals surface area (Å²) in [5, 5.41) is 3.91. The molecule has 2 rings (SSSR count). The second-order valence-corrected chi connectivity index (χ2v) is 5.15. The molecule has 0 saturated heterocycles. The normalized spacial score (nSPS) is 10.6. The van der Waals surface area contributed by atoms with Crippen LogP contribution < -0.4 is 14.9 Å². The molecule has 0 aliphatic carbocycles. The lowest BCUT2D eigenvalue weighted by molar-refractivity contribution is -0.123. The summed E-state index contributed by atoms with van der Waals surface area (Å²) in [5.74, 6) is 1.04. The smallest absolute Gasteiger partial charge is 0.277 e. The first kappa shape index (κ1) is 16.5. The van der Waals surface area contributed by atoms with E-state index in [0.29, 0.717) is 11.5 Å². The number of ether oxygens (including phenoxy) is 2. The van der Waals surface area contributed by atoms with Crippen molar-refractivity contribution < 1.29 is 14.3 Å².